The summed E-state index contributed by atoms with van der Waals surface area (Å²) < 4.78 is 71.8. The topological polar surface area (TPSA) is 163 Å². The van der Waals surface area contributed by atoms with E-state index < -0.39 is 16.2 Å². The van der Waals surface area contributed by atoms with Gasteiger partial charge in [-0.1, -0.05) is 0 Å². The van der Waals surface area contributed by atoms with Gasteiger partial charge < -0.3 is 47.2 Å². The molecule has 0 saturated carbocycles. The SMILES string of the molecule is c1cc(Op2npn(OCC3CO3)p(OCC3CO3)n2OCC2CO2)c(OCC2CO2)c(OCC2CO2)c1OCC1CO1. The Balaban J connectivity index is 1.12. The second-order valence-corrected chi connectivity index (χ2v) is 15.0. The van der Waals surface area contributed by atoms with Crippen molar-refractivity contribution in [1.29, 1.82) is 0 Å². The highest BCUT2D eigenvalue weighted by molar-refractivity contribution is 7.56. The van der Waals surface area contributed by atoms with Crippen molar-refractivity contribution in [3.63, 3.8) is 0 Å². The van der Waals surface area contributed by atoms with Crippen LogP contribution in [0.2, 0.25) is 0 Å². The molecule has 2 aromatic rings. The van der Waals surface area contributed by atoms with E-state index in [9.17, 15) is 0 Å². The summed E-state index contributed by atoms with van der Waals surface area (Å²) >= 11 is 0. The third kappa shape index (κ3) is 8.35. The van der Waals surface area contributed by atoms with Crippen molar-refractivity contribution in [3.8, 4) is 23.0 Å². The van der Waals surface area contributed by atoms with Gasteiger partial charge in [-0.2, -0.15) is 0 Å². The van der Waals surface area contributed by atoms with Crippen LogP contribution in [0.15, 0.2) is 12.1 Å². The summed E-state index contributed by atoms with van der Waals surface area (Å²) in [7, 11) is -2.82. The number of ether oxygens (including phenoxy) is 9. The van der Waals surface area contributed by atoms with Crippen LogP contribution in [-0.4, -0.2) is 129 Å². The average Bonchev–Trinajstić information content (AvgIpc) is 3.83. The van der Waals surface area contributed by atoms with Gasteiger partial charge in [0.2, 0.25) is 19.6 Å². The minimum absolute atomic E-state index is 0.00290. The van der Waals surface area contributed by atoms with Crippen LogP contribution in [-0.2, 0) is 28.4 Å². The van der Waals surface area contributed by atoms with E-state index in [1.54, 1.807) is 20.6 Å². The van der Waals surface area contributed by atoms with Crippen LogP contribution >= 0.6 is 24.7 Å². The fourth-order valence-electron chi connectivity index (χ4n) is 3.64. The summed E-state index contributed by atoms with van der Waals surface area (Å²) in [5.74, 6) is 1.77. The van der Waals surface area contributed by atoms with Crippen molar-refractivity contribution in [3.05, 3.63) is 12.1 Å². The highest BCUT2D eigenvalue weighted by Gasteiger charge is 2.33. The van der Waals surface area contributed by atoms with E-state index in [0.717, 1.165) is 0 Å². The van der Waals surface area contributed by atoms with Crippen LogP contribution in [0.1, 0.15) is 0 Å². The molecule has 1 aromatic carbocycles. The summed E-state index contributed by atoms with van der Waals surface area (Å²) in [4.78, 5) is 12.3. The molecule has 6 fully saturated rings. The van der Waals surface area contributed by atoms with Gasteiger partial charge in [0.25, 0.3) is 8.08 Å². The lowest BCUT2D eigenvalue weighted by molar-refractivity contribution is 0.105. The zero-order chi connectivity index (χ0) is 28.6. The van der Waals surface area contributed by atoms with Crippen molar-refractivity contribution in [1.82, 2.24) is 13.0 Å². The molecule has 236 valence electrons. The molecule has 8 rings (SSSR count). The zero-order valence-electron chi connectivity index (χ0n) is 23.1. The molecule has 6 saturated heterocycles. The summed E-state index contributed by atoms with van der Waals surface area (Å²) in [6, 6.07) is 3.59. The normalized spacial score (nSPS) is 30.1. The lowest BCUT2D eigenvalue weighted by Crippen LogP contribution is -2.24. The van der Waals surface area contributed by atoms with E-state index in [1.165, 1.54) is 0 Å². The second kappa shape index (κ2) is 13.0. The predicted octanol–water partition coefficient (Wildman–Crippen LogP) is 1.02. The molecule has 6 aliphatic heterocycles. The highest BCUT2D eigenvalue weighted by Crippen LogP contribution is 2.49. The molecule has 8 atom stereocenters. The first-order valence-corrected chi connectivity index (χ1v) is 17.3. The van der Waals surface area contributed by atoms with Crippen LogP contribution in [0.5, 0.6) is 23.0 Å². The Morgan fingerprint density at radius 3 is 1.74 bits per heavy atom. The van der Waals surface area contributed by atoms with E-state index in [1.807, 2.05) is 0 Å². The first-order chi connectivity index (χ1) is 21.2. The zero-order valence-corrected chi connectivity index (χ0v) is 25.8. The van der Waals surface area contributed by atoms with Crippen molar-refractivity contribution < 1.29 is 61.4 Å². The van der Waals surface area contributed by atoms with Gasteiger partial charge in [0.1, 0.15) is 69.7 Å². The number of epoxide rings is 6. The number of rotatable bonds is 20. The minimum atomic E-state index is -1.74. The molecule has 0 spiro atoms. The molecule has 43 heavy (non-hydrogen) atoms. The smallest absolute Gasteiger partial charge is 0.294 e. The van der Waals surface area contributed by atoms with E-state index in [0.29, 0.717) is 111 Å². The van der Waals surface area contributed by atoms with Crippen molar-refractivity contribution >= 4 is 24.7 Å². The molecule has 19 heteroatoms. The molecule has 1 aromatic heterocycles. The molecule has 7 heterocycles. The Labute approximate surface area is 250 Å². The molecule has 16 nitrogen and oxygen atoms in total. The van der Waals surface area contributed by atoms with E-state index >= 15 is 0 Å². The number of hydrogen-bond acceptors (Lipinski definition) is 14. The lowest BCUT2D eigenvalue weighted by Gasteiger charge is -2.22. The predicted molar refractivity (Wildman–Crippen MR) is 148 cm³/mol. The summed E-state index contributed by atoms with van der Waals surface area (Å²) in [5.41, 5.74) is 0. The molecule has 0 amide bonds. The Bertz CT molecular complexity index is 1210. The maximum atomic E-state index is 6.59. The van der Waals surface area contributed by atoms with Gasteiger partial charge in [0, 0.05) is 0 Å². The van der Waals surface area contributed by atoms with Crippen molar-refractivity contribution in [2.75, 3.05) is 79.3 Å². The fourth-order valence-corrected chi connectivity index (χ4v) is 8.72. The van der Waals surface area contributed by atoms with Crippen LogP contribution < -0.4 is 32.9 Å². The van der Waals surface area contributed by atoms with E-state index in [-0.39, 0.29) is 36.6 Å². The number of benzene rings is 1. The Morgan fingerprint density at radius 1 is 0.651 bits per heavy atom. The van der Waals surface area contributed by atoms with Crippen molar-refractivity contribution in [2.24, 2.45) is 0 Å². The quantitative estimate of drug-likeness (QED) is 0.185. The van der Waals surface area contributed by atoms with E-state index in [2.05, 4.69) is 0 Å². The van der Waals surface area contributed by atoms with Gasteiger partial charge >= 0.3 is 0 Å². The molecule has 0 N–H and O–H groups in total. The fraction of sp³-hybridized carbons (Fsp3) is 0.750. The number of hydrogen-bond donors (Lipinski definition) is 0. The van der Waals surface area contributed by atoms with Gasteiger partial charge in [0.05, 0.1) is 46.2 Å². The molecule has 0 radical (unpaired) electrons. The molecule has 0 bridgehead atoms. The minimum Gasteiger partial charge on any atom is -0.487 e. The van der Waals surface area contributed by atoms with Crippen LogP contribution in [0.4, 0.5) is 0 Å². The summed E-state index contributed by atoms with van der Waals surface area (Å²) in [5, 5.41) is 0. The standard InChI is InChI=1S/C24H32N3O13P3/c1-2-22(24(36-11-17-5-30-17)23(35-10-16-4-29-16)21(1)34-9-15-3-28-15)40-42-25-41-26(37-12-18-6-31-18)43(39-14-20-8-33-20)27(42)38-13-19-7-32-19/h1-2,15-20H,3-14H2. The van der Waals surface area contributed by atoms with Crippen LogP contribution in [0.25, 0.3) is 0 Å². The van der Waals surface area contributed by atoms with Crippen molar-refractivity contribution in [2.45, 2.75) is 36.6 Å². The molecular weight excluding hydrogens is 631 g/mol. The molecule has 0 aliphatic carbocycles. The maximum absolute atomic E-state index is 6.59. The van der Waals surface area contributed by atoms with Crippen LogP contribution in [0.3, 0.4) is 0 Å². The first-order valence-electron chi connectivity index (χ1n) is 14.2. The molecule has 6 aliphatic rings. The highest BCUT2D eigenvalue weighted by atomic mass is 31.2. The lowest BCUT2D eigenvalue weighted by atomic mass is 10.2. The number of nitrogens with zero attached hydrogens (tertiary/aromatic N) is 3. The Kier molecular flexibility index (Phi) is 8.71. The third-order valence-electron chi connectivity index (χ3n) is 6.65. The monoisotopic (exact) mass is 663 g/mol. The van der Waals surface area contributed by atoms with Gasteiger partial charge in [-0.3, -0.25) is 14.2 Å². The Morgan fingerprint density at radius 2 is 1.14 bits per heavy atom. The summed E-state index contributed by atoms with van der Waals surface area (Å²) in [6.07, 6.45) is 0.211. The second-order valence-electron chi connectivity index (χ2n) is 10.6. The molecular formula is C24H32N3O13P3. The largest absolute Gasteiger partial charge is 0.487 e. The maximum Gasteiger partial charge on any atom is 0.294 e. The third-order valence-corrected chi connectivity index (χ3v) is 11.4. The first kappa shape index (κ1) is 28.8. The van der Waals surface area contributed by atoms with Crippen LogP contribution in [0, 0.1) is 0 Å². The van der Waals surface area contributed by atoms with E-state index in [4.69, 9.17) is 65.9 Å². The molecule has 8 unspecified atom stereocenters. The van der Waals surface area contributed by atoms with Gasteiger partial charge in [0.15, 0.2) is 20.0 Å². The average molecular weight is 663 g/mol. The van der Waals surface area contributed by atoms with Gasteiger partial charge in [-0.05, 0) is 12.1 Å². The Hall–Kier alpha value is -1.64. The number of aromatic nitrogens is 3. The van der Waals surface area contributed by atoms with Gasteiger partial charge in [-0.25, -0.2) is 0 Å². The van der Waals surface area contributed by atoms with Gasteiger partial charge in [-0.15, -0.1) is 13.0 Å². The summed E-state index contributed by atoms with van der Waals surface area (Å²) in [6.45, 7) is 6.11.